The van der Waals surface area contributed by atoms with E-state index in [9.17, 15) is 4.79 Å². The molecule has 0 fully saturated rings. The molecular formula is C13H16N2O. The van der Waals surface area contributed by atoms with Crippen molar-refractivity contribution >= 4 is 11.6 Å². The number of carbonyl (C=O) groups excluding carboxylic acids is 1. The van der Waals surface area contributed by atoms with E-state index in [1.807, 2.05) is 31.2 Å². The van der Waals surface area contributed by atoms with E-state index in [-0.39, 0.29) is 12.5 Å². The van der Waals surface area contributed by atoms with E-state index in [4.69, 9.17) is 0 Å². The van der Waals surface area contributed by atoms with E-state index >= 15 is 0 Å². The highest BCUT2D eigenvalue weighted by molar-refractivity contribution is 5.92. The molecule has 0 spiro atoms. The molecule has 3 nitrogen and oxygen atoms in total. The molecule has 0 bridgehead atoms. The molecule has 0 heterocycles. The number of anilines is 1. The van der Waals surface area contributed by atoms with Crippen molar-refractivity contribution in [2.75, 3.05) is 18.4 Å². The Labute approximate surface area is 96.2 Å². The zero-order chi connectivity index (χ0) is 11.8. The molecule has 0 aliphatic rings. The zero-order valence-electron chi connectivity index (χ0n) is 9.63. The van der Waals surface area contributed by atoms with E-state index in [2.05, 4.69) is 22.5 Å². The van der Waals surface area contributed by atoms with E-state index < -0.39 is 0 Å². The molecule has 0 atom stereocenters. The summed E-state index contributed by atoms with van der Waals surface area (Å²) in [6.07, 6.45) is 0. The summed E-state index contributed by atoms with van der Waals surface area (Å²) in [5.74, 6) is 5.53. The fraction of sp³-hybridized carbons (Fsp3) is 0.308. The lowest BCUT2D eigenvalue weighted by molar-refractivity contribution is -0.115. The molecule has 0 saturated carbocycles. The van der Waals surface area contributed by atoms with Crippen molar-refractivity contribution in [3.8, 4) is 11.8 Å². The average molecular weight is 216 g/mol. The molecule has 1 rings (SSSR count). The first kappa shape index (κ1) is 12.3. The quantitative estimate of drug-likeness (QED) is 0.592. The number of amides is 1. The third-order valence-electron chi connectivity index (χ3n) is 2.01. The third kappa shape index (κ3) is 4.63. The van der Waals surface area contributed by atoms with Crippen molar-refractivity contribution in [1.82, 2.24) is 5.32 Å². The van der Waals surface area contributed by atoms with Crippen LogP contribution in [0.1, 0.15) is 12.5 Å². The van der Waals surface area contributed by atoms with Gasteiger partial charge in [0.05, 0.1) is 13.1 Å². The van der Waals surface area contributed by atoms with Crippen LogP contribution < -0.4 is 10.6 Å². The Morgan fingerprint density at radius 2 is 2.00 bits per heavy atom. The average Bonchev–Trinajstić information content (AvgIpc) is 2.28. The Morgan fingerprint density at radius 3 is 2.62 bits per heavy atom. The molecule has 0 radical (unpaired) electrons. The monoisotopic (exact) mass is 216 g/mol. The predicted octanol–water partition coefficient (Wildman–Crippen LogP) is 1.55. The van der Waals surface area contributed by atoms with Crippen molar-refractivity contribution in [3.05, 3.63) is 29.8 Å². The molecule has 16 heavy (non-hydrogen) atoms. The molecule has 1 amide bonds. The Kier molecular flexibility index (Phi) is 5.10. The Morgan fingerprint density at radius 1 is 1.31 bits per heavy atom. The van der Waals surface area contributed by atoms with Crippen LogP contribution in [0.2, 0.25) is 0 Å². The fourth-order valence-corrected chi connectivity index (χ4v) is 1.17. The van der Waals surface area contributed by atoms with Gasteiger partial charge in [-0.1, -0.05) is 23.6 Å². The first-order valence-electron chi connectivity index (χ1n) is 5.19. The van der Waals surface area contributed by atoms with Crippen LogP contribution in [-0.2, 0) is 4.79 Å². The van der Waals surface area contributed by atoms with Gasteiger partial charge in [0.25, 0.3) is 0 Å². The second-order valence-corrected chi connectivity index (χ2v) is 3.44. The van der Waals surface area contributed by atoms with Gasteiger partial charge >= 0.3 is 0 Å². The second kappa shape index (κ2) is 6.65. The molecule has 2 N–H and O–H groups in total. The van der Waals surface area contributed by atoms with Crippen LogP contribution in [0.15, 0.2) is 24.3 Å². The number of hydrogen-bond acceptors (Lipinski definition) is 2. The number of benzene rings is 1. The van der Waals surface area contributed by atoms with Gasteiger partial charge in [-0.05, 0) is 26.0 Å². The summed E-state index contributed by atoms with van der Waals surface area (Å²) in [6.45, 7) is 4.60. The minimum absolute atomic E-state index is 0.0539. The SMILES string of the molecule is CC#CCNCC(=O)Nc1ccc(C)cc1. The maximum atomic E-state index is 11.4. The lowest BCUT2D eigenvalue weighted by atomic mass is 10.2. The summed E-state index contributed by atoms with van der Waals surface area (Å²) in [5, 5.41) is 5.73. The largest absolute Gasteiger partial charge is 0.325 e. The second-order valence-electron chi connectivity index (χ2n) is 3.44. The number of carbonyl (C=O) groups is 1. The van der Waals surface area contributed by atoms with E-state index in [1.54, 1.807) is 6.92 Å². The standard InChI is InChI=1S/C13H16N2O/c1-3-4-9-14-10-13(16)15-12-7-5-11(2)6-8-12/h5-8,14H,9-10H2,1-2H3,(H,15,16). The van der Waals surface area contributed by atoms with Crippen molar-refractivity contribution < 1.29 is 4.79 Å². The minimum atomic E-state index is -0.0539. The van der Waals surface area contributed by atoms with Gasteiger partial charge in [-0.15, -0.1) is 5.92 Å². The van der Waals surface area contributed by atoms with Crippen molar-refractivity contribution in [1.29, 1.82) is 0 Å². The molecule has 3 heteroatoms. The van der Waals surface area contributed by atoms with E-state index in [0.29, 0.717) is 6.54 Å². The predicted molar refractivity (Wildman–Crippen MR) is 66.1 cm³/mol. The summed E-state index contributed by atoms with van der Waals surface area (Å²) in [5.41, 5.74) is 1.99. The zero-order valence-corrected chi connectivity index (χ0v) is 9.63. The van der Waals surface area contributed by atoms with Crippen LogP contribution in [0.5, 0.6) is 0 Å². The van der Waals surface area contributed by atoms with Crippen molar-refractivity contribution in [2.45, 2.75) is 13.8 Å². The smallest absolute Gasteiger partial charge is 0.238 e. The molecule has 1 aromatic rings. The molecule has 0 aromatic heterocycles. The Balaban J connectivity index is 2.33. The molecular weight excluding hydrogens is 200 g/mol. The summed E-state index contributed by atoms with van der Waals surface area (Å²) in [7, 11) is 0. The van der Waals surface area contributed by atoms with Crippen LogP contribution in [-0.4, -0.2) is 19.0 Å². The Hall–Kier alpha value is -1.79. The highest BCUT2D eigenvalue weighted by atomic mass is 16.1. The van der Waals surface area contributed by atoms with Gasteiger partial charge in [0.2, 0.25) is 5.91 Å². The third-order valence-corrected chi connectivity index (χ3v) is 2.01. The van der Waals surface area contributed by atoms with Crippen LogP contribution in [0, 0.1) is 18.8 Å². The van der Waals surface area contributed by atoms with Crippen molar-refractivity contribution in [3.63, 3.8) is 0 Å². The Bertz CT molecular complexity index is 398. The lowest BCUT2D eigenvalue weighted by Crippen LogP contribution is -2.28. The number of hydrogen-bond donors (Lipinski definition) is 2. The van der Waals surface area contributed by atoms with Crippen LogP contribution in [0.4, 0.5) is 5.69 Å². The van der Waals surface area contributed by atoms with Crippen LogP contribution in [0.3, 0.4) is 0 Å². The summed E-state index contributed by atoms with van der Waals surface area (Å²) >= 11 is 0. The minimum Gasteiger partial charge on any atom is -0.325 e. The topological polar surface area (TPSA) is 41.1 Å². The van der Waals surface area contributed by atoms with E-state index in [1.165, 1.54) is 5.56 Å². The van der Waals surface area contributed by atoms with Gasteiger partial charge in [0.1, 0.15) is 0 Å². The number of rotatable bonds is 4. The number of nitrogens with one attached hydrogen (secondary N) is 2. The number of aryl methyl sites for hydroxylation is 1. The van der Waals surface area contributed by atoms with Gasteiger partial charge in [-0.3, -0.25) is 10.1 Å². The molecule has 0 aliphatic carbocycles. The molecule has 1 aromatic carbocycles. The maximum absolute atomic E-state index is 11.4. The van der Waals surface area contributed by atoms with Gasteiger partial charge < -0.3 is 5.32 Å². The van der Waals surface area contributed by atoms with Gasteiger partial charge in [-0.2, -0.15) is 0 Å². The highest BCUT2D eigenvalue weighted by Crippen LogP contribution is 2.07. The van der Waals surface area contributed by atoms with E-state index in [0.717, 1.165) is 5.69 Å². The lowest BCUT2D eigenvalue weighted by Gasteiger charge is -2.05. The molecule has 0 saturated heterocycles. The first-order chi connectivity index (χ1) is 7.72. The van der Waals surface area contributed by atoms with Crippen molar-refractivity contribution in [2.24, 2.45) is 0 Å². The van der Waals surface area contributed by atoms with Gasteiger partial charge in [0, 0.05) is 5.69 Å². The van der Waals surface area contributed by atoms with Gasteiger partial charge in [-0.25, -0.2) is 0 Å². The first-order valence-corrected chi connectivity index (χ1v) is 5.19. The van der Waals surface area contributed by atoms with Crippen LogP contribution in [0.25, 0.3) is 0 Å². The molecule has 0 aliphatic heterocycles. The fourth-order valence-electron chi connectivity index (χ4n) is 1.17. The molecule has 0 unspecified atom stereocenters. The summed E-state index contributed by atoms with van der Waals surface area (Å²) in [4.78, 5) is 11.4. The highest BCUT2D eigenvalue weighted by Gasteiger charge is 2.00. The maximum Gasteiger partial charge on any atom is 0.238 e. The summed E-state index contributed by atoms with van der Waals surface area (Å²) in [6, 6.07) is 7.70. The normalized spacial score (nSPS) is 9.12. The molecule has 84 valence electrons. The summed E-state index contributed by atoms with van der Waals surface area (Å²) < 4.78 is 0. The van der Waals surface area contributed by atoms with Crippen LogP contribution >= 0.6 is 0 Å². The van der Waals surface area contributed by atoms with Gasteiger partial charge in [0.15, 0.2) is 0 Å².